The van der Waals surface area contributed by atoms with Crippen LogP contribution in [-0.4, -0.2) is 18.2 Å². The number of rotatable bonds is 4. The van der Waals surface area contributed by atoms with Crippen LogP contribution in [0, 0.1) is 5.92 Å². The number of thioether (sulfide) groups is 1. The van der Waals surface area contributed by atoms with Crippen molar-refractivity contribution in [3.63, 3.8) is 0 Å². The molecule has 1 aromatic rings. The lowest BCUT2D eigenvalue weighted by Gasteiger charge is -2.15. The number of hydrogen-bond donors (Lipinski definition) is 2. The van der Waals surface area contributed by atoms with Gasteiger partial charge in [0.15, 0.2) is 0 Å². The molecule has 0 aliphatic carbocycles. The second-order valence-corrected chi connectivity index (χ2v) is 4.87. The molecular formula is C12H19ClN2OS. The molecule has 0 heterocycles. The third-order valence-electron chi connectivity index (χ3n) is 2.36. The molecule has 1 amide bonds. The number of amides is 1. The SMILES string of the molecule is CSc1cccc(NC(=O)C(N)C(C)C)c1.Cl. The van der Waals surface area contributed by atoms with Gasteiger partial charge in [-0.2, -0.15) is 0 Å². The normalized spacial score (nSPS) is 11.8. The third-order valence-corrected chi connectivity index (χ3v) is 3.08. The second kappa shape index (κ2) is 7.58. The lowest BCUT2D eigenvalue weighted by Crippen LogP contribution is -2.39. The summed E-state index contributed by atoms with van der Waals surface area (Å²) in [4.78, 5) is 12.8. The van der Waals surface area contributed by atoms with E-state index in [9.17, 15) is 4.79 Å². The van der Waals surface area contributed by atoms with Crippen molar-refractivity contribution >= 4 is 35.8 Å². The molecule has 96 valence electrons. The van der Waals surface area contributed by atoms with Gasteiger partial charge < -0.3 is 11.1 Å². The van der Waals surface area contributed by atoms with Gasteiger partial charge in [0, 0.05) is 10.6 Å². The van der Waals surface area contributed by atoms with Crippen LogP contribution in [0.1, 0.15) is 13.8 Å². The number of carbonyl (C=O) groups excluding carboxylic acids is 1. The quantitative estimate of drug-likeness (QED) is 0.830. The molecule has 0 aliphatic rings. The van der Waals surface area contributed by atoms with Crippen molar-refractivity contribution in [1.29, 1.82) is 0 Å². The van der Waals surface area contributed by atoms with E-state index in [1.165, 1.54) is 0 Å². The molecule has 1 atom stereocenters. The van der Waals surface area contributed by atoms with Crippen LogP contribution in [0.15, 0.2) is 29.2 Å². The molecule has 3 N–H and O–H groups in total. The van der Waals surface area contributed by atoms with Gasteiger partial charge in [-0.15, -0.1) is 24.2 Å². The number of anilines is 1. The van der Waals surface area contributed by atoms with Crippen LogP contribution in [0.25, 0.3) is 0 Å². The first-order chi connectivity index (χ1) is 7.54. The summed E-state index contributed by atoms with van der Waals surface area (Å²) >= 11 is 1.64. The van der Waals surface area contributed by atoms with E-state index in [0.29, 0.717) is 0 Å². The van der Waals surface area contributed by atoms with Gasteiger partial charge in [-0.3, -0.25) is 4.79 Å². The van der Waals surface area contributed by atoms with Gasteiger partial charge in [-0.05, 0) is 30.4 Å². The number of carbonyl (C=O) groups is 1. The highest BCUT2D eigenvalue weighted by Crippen LogP contribution is 2.19. The van der Waals surface area contributed by atoms with E-state index in [1.807, 2.05) is 44.4 Å². The molecule has 0 saturated carbocycles. The molecule has 0 saturated heterocycles. The molecular weight excluding hydrogens is 256 g/mol. The first kappa shape index (κ1) is 16.3. The topological polar surface area (TPSA) is 55.1 Å². The van der Waals surface area contributed by atoms with Crippen molar-refractivity contribution in [2.24, 2.45) is 11.7 Å². The molecule has 0 aliphatic heterocycles. The zero-order valence-electron chi connectivity index (χ0n) is 10.3. The summed E-state index contributed by atoms with van der Waals surface area (Å²) in [6, 6.07) is 7.27. The Morgan fingerprint density at radius 2 is 2.06 bits per heavy atom. The minimum absolute atomic E-state index is 0. The Balaban J connectivity index is 0.00000256. The summed E-state index contributed by atoms with van der Waals surface area (Å²) < 4.78 is 0. The van der Waals surface area contributed by atoms with Crippen molar-refractivity contribution in [2.75, 3.05) is 11.6 Å². The Hall–Kier alpha value is -0.710. The molecule has 3 nitrogen and oxygen atoms in total. The van der Waals surface area contributed by atoms with Gasteiger partial charge in [0.25, 0.3) is 0 Å². The zero-order valence-corrected chi connectivity index (χ0v) is 11.9. The highest BCUT2D eigenvalue weighted by atomic mass is 35.5. The molecule has 0 aromatic heterocycles. The summed E-state index contributed by atoms with van der Waals surface area (Å²) in [7, 11) is 0. The average molecular weight is 275 g/mol. The van der Waals surface area contributed by atoms with Crippen molar-refractivity contribution in [2.45, 2.75) is 24.8 Å². The van der Waals surface area contributed by atoms with E-state index < -0.39 is 6.04 Å². The second-order valence-electron chi connectivity index (χ2n) is 3.99. The Kier molecular flexibility index (Phi) is 7.27. The van der Waals surface area contributed by atoms with Gasteiger partial charge in [0.1, 0.15) is 0 Å². The van der Waals surface area contributed by atoms with Gasteiger partial charge in [-0.25, -0.2) is 0 Å². The van der Waals surface area contributed by atoms with E-state index in [1.54, 1.807) is 11.8 Å². The lowest BCUT2D eigenvalue weighted by atomic mass is 10.1. The predicted octanol–water partition coefficient (Wildman–Crippen LogP) is 2.75. The van der Waals surface area contributed by atoms with Crippen molar-refractivity contribution < 1.29 is 4.79 Å². The minimum atomic E-state index is -0.460. The number of nitrogens with two attached hydrogens (primary N) is 1. The highest BCUT2D eigenvalue weighted by Gasteiger charge is 2.16. The molecule has 17 heavy (non-hydrogen) atoms. The van der Waals surface area contributed by atoms with E-state index in [-0.39, 0.29) is 24.2 Å². The molecule has 1 aromatic carbocycles. The molecule has 0 spiro atoms. The first-order valence-electron chi connectivity index (χ1n) is 5.25. The van der Waals surface area contributed by atoms with E-state index in [0.717, 1.165) is 10.6 Å². The molecule has 1 unspecified atom stereocenters. The smallest absolute Gasteiger partial charge is 0.241 e. The van der Waals surface area contributed by atoms with E-state index in [2.05, 4.69) is 5.32 Å². The van der Waals surface area contributed by atoms with E-state index in [4.69, 9.17) is 5.73 Å². The third kappa shape index (κ3) is 4.98. The van der Waals surface area contributed by atoms with Crippen molar-refractivity contribution in [3.05, 3.63) is 24.3 Å². The fraction of sp³-hybridized carbons (Fsp3) is 0.417. The zero-order chi connectivity index (χ0) is 12.1. The van der Waals surface area contributed by atoms with Crippen LogP contribution in [0.3, 0.4) is 0 Å². The minimum Gasteiger partial charge on any atom is -0.325 e. The summed E-state index contributed by atoms with van der Waals surface area (Å²) in [5.74, 6) is 0.0111. The number of hydrogen-bond acceptors (Lipinski definition) is 3. The average Bonchev–Trinajstić information content (AvgIpc) is 2.28. The molecule has 0 fully saturated rings. The van der Waals surface area contributed by atoms with Crippen LogP contribution < -0.4 is 11.1 Å². The van der Waals surface area contributed by atoms with Crippen LogP contribution in [0.2, 0.25) is 0 Å². The first-order valence-corrected chi connectivity index (χ1v) is 6.47. The van der Waals surface area contributed by atoms with Crippen LogP contribution in [0.5, 0.6) is 0 Å². The standard InChI is InChI=1S/C12H18N2OS.ClH/c1-8(2)11(13)12(15)14-9-5-4-6-10(7-9)16-3;/h4-8,11H,13H2,1-3H3,(H,14,15);1H. The maximum Gasteiger partial charge on any atom is 0.241 e. The summed E-state index contributed by atoms with van der Waals surface area (Å²) in [6.45, 7) is 3.87. The summed E-state index contributed by atoms with van der Waals surface area (Å²) in [5, 5.41) is 2.82. The molecule has 5 heteroatoms. The van der Waals surface area contributed by atoms with Crippen molar-refractivity contribution in [3.8, 4) is 0 Å². The van der Waals surface area contributed by atoms with Crippen molar-refractivity contribution in [1.82, 2.24) is 0 Å². The highest BCUT2D eigenvalue weighted by molar-refractivity contribution is 7.98. The van der Waals surface area contributed by atoms with Crippen LogP contribution in [0.4, 0.5) is 5.69 Å². The van der Waals surface area contributed by atoms with Crippen LogP contribution >= 0.6 is 24.2 Å². The fourth-order valence-corrected chi connectivity index (χ4v) is 1.69. The predicted molar refractivity (Wildman–Crippen MR) is 76.9 cm³/mol. The maximum atomic E-state index is 11.7. The fourth-order valence-electron chi connectivity index (χ4n) is 1.23. The van der Waals surface area contributed by atoms with Gasteiger partial charge >= 0.3 is 0 Å². The largest absolute Gasteiger partial charge is 0.325 e. The summed E-state index contributed by atoms with van der Waals surface area (Å²) in [5.41, 5.74) is 6.56. The van der Waals surface area contributed by atoms with Crippen LogP contribution in [-0.2, 0) is 4.79 Å². The lowest BCUT2D eigenvalue weighted by molar-refractivity contribution is -0.118. The Bertz CT molecular complexity index is 371. The van der Waals surface area contributed by atoms with Gasteiger partial charge in [-0.1, -0.05) is 19.9 Å². The number of nitrogens with one attached hydrogen (secondary N) is 1. The Morgan fingerprint density at radius 1 is 1.41 bits per heavy atom. The monoisotopic (exact) mass is 274 g/mol. The van der Waals surface area contributed by atoms with Gasteiger partial charge in [0.2, 0.25) is 5.91 Å². The summed E-state index contributed by atoms with van der Waals surface area (Å²) in [6.07, 6.45) is 2.00. The molecule has 0 bridgehead atoms. The molecule has 0 radical (unpaired) electrons. The Labute approximate surface area is 113 Å². The number of halogens is 1. The Morgan fingerprint density at radius 3 is 2.59 bits per heavy atom. The number of benzene rings is 1. The van der Waals surface area contributed by atoms with Gasteiger partial charge in [0.05, 0.1) is 6.04 Å². The molecule has 1 rings (SSSR count). The van der Waals surface area contributed by atoms with E-state index >= 15 is 0 Å². The maximum absolute atomic E-state index is 11.7.